The van der Waals surface area contributed by atoms with Gasteiger partial charge in [-0.25, -0.2) is 9.59 Å². The number of nitrogens with one attached hydrogen (secondary N) is 1. The summed E-state index contributed by atoms with van der Waals surface area (Å²) < 4.78 is 17.2. The second kappa shape index (κ2) is 10.1. The van der Waals surface area contributed by atoms with Gasteiger partial charge in [0.25, 0.3) is 11.2 Å². The van der Waals surface area contributed by atoms with Crippen molar-refractivity contribution in [2.75, 3.05) is 13.2 Å². The number of hydrogen-bond donors (Lipinski definition) is 2. The molecule has 0 radical (unpaired) electrons. The van der Waals surface area contributed by atoms with Crippen LogP contribution in [0.1, 0.15) is 23.8 Å². The highest BCUT2D eigenvalue weighted by molar-refractivity contribution is 9.10. The lowest BCUT2D eigenvalue weighted by Gasteiger charge is -2.16. The molecule has 1 aliphatic rings. The summed E-state index contributed by atoms with van der Waals surface area (Å²) in [6.45, 7) is 1.03. The van der Waals surface area contributed by atoms with E-state index in [0.29, 0.717) is 15.6 Å². The van der Waals surface area contributed by atoms with Crippen LogP contribution >= 0.6 is 15.9 Å². The van der Waals surface area contributed by atoms with E-state index >= 15 is 0 Å². The first kappa shape index (κ1) is 23.6. The van der Waals surface area contributed by atoms with Gasteiger partial charge in [-0.3, -0.25) is 24.5 Å². The Labute approximate surface area is 189 Å². The van der Waals surface area contributed by atoms with E-state index in [9.17, 15) is 29.6 Å². The van der Waals surface area contributed by atoms with Gasteiger partial charge in [0.1, 0.15) is 18.9 Å². The predicted molar refractivity (Wildman–Crippen MR) is 112 cm³/mol. The fraction of sp³-hybridized carbons (Fsp3) is 0.421. The van der Waals surface area contributed by atoms with Crippen molar-refractivity contribution in [1.29, 1.82) is 0 Å². The molecule has 3 rings (SSSR count). The third-order valence-corrected chi connectivity index (χ3v) is 5.63. The van der Waals surface area contributed by atoms with Crippen LogP contribution in [0.25, 0.3) is 0 Å². The first-order chi connectivity index (χ1) is 15.2. The van der Waals surface area contributed by atoms with Gasteiger partial charge < -0.3 is 19.3 Å². The molecule has 1 fully saturated rings. The Hall–Kier alpha value is -3.03. The molecule has 32 heavy (non-hydrogen) atoms. The van der Waals surface area contributed by atoms with Crippen LogP contribution in [-0.4, -0.2) is 51.2 Å². The molecule has 3 atom stereocenters. The number of nitrogens with zero attached hydrogens (tertiary/aromatic N) is 2. The van der Waals surface area contributed by atoms with E-state index in [1.807, 2.05) is 0 Å². The molecule has 1 unspecified atom stereocenters. The number of carbonyl (C=O) groups excluding carboxylic acids is 1. The maximum absolute atomic E-state index is 12.0. The topological polar surface area (TPSA) is 163 Å². The molecule has 0 saturated carbocycles. The number of hydrogen-bond acceptors (Lipinski definition) is 9. The number of ether oxygens (including phenoxy) is 3. The summed E-state index contributed by atoms with van der Waals surface area (Å²) in [6.07, 6.45) is -2.32. The highest BCUT2D eigenvalue weighted by Crippen LogP contribution is 2.28. The molecule has 0 spiro atoms. The smallest absolute Gasteiger partial charge is 0.434 e. The standard InChI is InChI=1S/C19H20BrN3O9/c1-10-8-22(18(26)21-17(10)25)16-7-14(24)15(32-16)9-31-19(27)30-6-5-11-12(20)3-2-4-13(11)23(28)29/h2-4,8,14-16,24H,5-7,9H2,1H3,(H,21,25,26)/t14?,15-,16-/m1/s1. The average molecular weight is 514 g/mol. The van der Waals surface area contributed by atoms with Gasteiger partial charge in [-0.05, 0) is 13.0 Å². The number of nitro benzene ring substituents is 1. The highest BCUT2D eigenvalue weighted by atomic mass is 79.9. The Bertz CT molecular complexity index is 1130. The number of rotatable bonds is 7. The number of aromatic amines is 1. The molecule has 1 aliphatic heterocycles. The third kappa shape index (κ3) is 5.41. The quantitative estimate of drug-likeness (QED) is 0.317. The molecule has 1 saturated heterocycles. The molecule has 2 aromatic rings. The Morgan fingerprint density at radius 1 is 1.41 bits per heavy atom. The molecule has 1 aromatic carbocycles. The highest BCUT2D eigenvalue weighted by Gasteiger charge is 2.36. The Morgan fingerprint density at radius 3 is 2.88 bits per heavy atom. The molecule has 172 valence electrons. The van der Waals surface area contributed by atoms with Gasteiger partial charge in [-0.1, -0.05) is 22.0 Å². The summed E-state index contributed by atoms with van der Waals surface area (Å²) in [6, 6.07) is 4.53. The van der Waals surface area contributed by atoms with Gasteiger partial charge in [0, 0.05) is 40.7 Å². The number of aliphatic hydroxyl groups excluding tert-OH is 1. The van der Waals surface area contributed by atoms with E-state index in [2.05, 4.69) is 20.9 Å². The van der Waals surface area contributed by atoms with Gasteiger partial charge >= 0.3 is 11.8 Å². The van der Waals surface area contributed by atoms with Crippen LogP contribution in [-0.2, 0) is 20.6 Å². The van der Waals surface area contributed by atoms with Crippen LogP contribution < -0.4 is 11.2 Å². The predicted octanol–water partition coefficient (Wildman–Crippen LogP) is 1.56. The number of halogens is 1. The summed E-state index contributed by atoms with van der Waals surface area (Å²) in [4.78, 5) is 48.1. The van der Waals surface area contributed by atoms with Crippen molar-refractivity contribution in [2.24, 2.45) is 0 Å². The van der Waals surface area contributed by atoms with E-state index in [1.165, 1.54) is 25.3 Å². The normalized spacial score (nSPS) is 20.2. The Morgan fingerprint density at radius 2 is 2.16 bits per heavy atom. The molecule has 0 amide bonds. The second-order valence-corrected chi connectivity index (χ2v) is 7.92. The largest absolute Gasteiger partial charge is 0.508 e. The zero-order chi connectivity index (χ0) is 23.4. The van der Waals surface area contributed by atoms with E-state index in [4.69, 9.17) is 14.2 Å². The van der Waals surface area contributed by atoms with Gasteiger partial charge in [0.05, 0.1) is 17.6 Å². The van der Waals surface area contributed by atoms with E-state index in [-0.39, 0.29) is 31.7 Å². The third-order valence-electron chi connectivity index (χ3n) is 4.89. The number of aromatic nitrogens is 2. The van der Waals surface area contributed by atoms with Crippen LogP contribution in [0.2, 0.25) is 0 Å². The molecular formula is C19H20BrN3O9. The summed E-state index contributed by atoms with van der Waals surface area (Å²) in [5.41, 5.74) is -0.613. The minimum Gasteiger partial charge on any atom is -0.434 e. The fourth-order valence-corrected chi connectivity index (χ4v) is 3.78. The van der Waals surface area contributed by atoms with Crippen molar-refractivity contribution in [2.45, 2.75) is 38.2 Å². The fourth-order valence-electron chi connectivity index (χ4n) is 3.23. The summed E-state index contributed by atoms with van der Waals surface area (Å²) >= 11 is 3.24. The van der Waals surface area contributed by atoms with Gasteiger partial charge in [0.2, 0.25) is 0 Å². The van der Waals surface area contributed by atoms with Crippen LogP contribution in [0.5, 0.6) is 0 Å². The minimum absolute atomic E-state index is 0.0557. The molecule has 1 aromatic heterocycles. The van der Waals surface area contributed by atoms with Crippen molar-refractivity contribution < 1.29 is 29.0 Å². The van der Waals surface area contributed by atoms with Crippen LogP contribution in [0, 0.1) is 17.0 Å². The average Bonchev–Trinajstić information content (AvgIpc) is 3.10. The van der Waals surface area contributed by atoms with Gasteiger partial charge in [-0.15, -0.1) is 0 Å². The first-order valence-electron chi connectivity index (χ1n) is 9.54. The molecule has 0 aliphatic carbocycles. The lowest BCUT2D eigenvalue weighted by molar-refractivity contribution is -0.385. The number of H-pyrrole nitrogens is 1. The van der Waals surface area contributed by atoms with Crippen molar-refractivity contribution in [3.05, 3.63) is 70.9 Å². The number of carbonyl (C=O) groups is 1. The summed E-state index contributed by atoms with van der Waals surface area (Å²) in [5.74, 6) is 0. The lowest BCUT2D eigenvalue weighted by atomic mass is 10.1. The Balaban J connectivity index is 1.51. The molecular weight excluding hydrogens is 494 g/mol. The number of aliphatic hydroxyl groups is 1. The lowest BCUT2D eigenvalue weighted by Crippen LogP contribution is -2.33. The Kier molecular flexibility index (Phi) is 7.43. The number of aryl methyl sites for hydroxylation is 1. The van der Waals surface area contributed by atoms with Crippen molar-refractivity contribution >= 4 is 27.8 Å². The SMILES string of the molecule is Cc1cn([C@H]2CC(O)[C@@H](COC(=O)OCCc3c(Br)cccc3[N+](=O)[O-])O2)c(=O)[nH]c1=O. The van der Waals surface area contributed by atoms with Crippen molar-refractivity contribution in [3.8, 4) is 0 Å². The zero-order valence-corrected chi connectivity index (χ0v) is 18.4. The van der Waals surface area contributed by atoms with Gasteiger partial charge in [0.15, 0.2) is 0 Å². The maximum atomic E-state index is 12.0. The molecule has 13 heteroatoms. The molecule has 12 nitrogen and oxygen atoms in total. The molecule has 0 bridgehead atoms. The zero-order valence-electron chi connectivity index (χ0n) is 16.9. The number of benzene rings is 1. The van der Waals surface area contributed by atoms with E-state index < -0.39 is 40.8 Å². The van der Waals surface area contributed by atoms with Gasteiger partial charge in [-0.2, -0.15) is 0 Å². The summed E-state index contributed by atoms with van der Waals surface area (Å²) in [5, 5.41) is 21.3. The van der Waals surface area contributed by atoms with Crippen LogP contribution in [0.4, 0.5) is 10.5 Å². The van der Waals surface area contributed by atoms with E-state index in [1.54, 1.807) is 6.07 Å². The maximum Gasteiger partial charge on any atom is 0.508 e. The first-order valence-corrected chi connectivity index (χ1v) is 10.3. The molecule has 2 N–H and O–H groups in total. The molecule has 2 heterocycles. The second-order valence-electron chi connectivity index (χ2n) is 7.06. The monoisotopic (exact) mass is 513 g/mol. The van der Waals surface area contributed by atoms with Crippen LogP contribution in [0.3, 0.4) is 0 Å². The van der Waals surface area contributed by atoms with E-state index in [0.717, 1.165) is 4.57 Å². The van der Waals surface area contributed by atoms with Crippen molar-refractivity contribution in [3.63, 3.8) is 0 Å². The minimum atomic E-state index is -1.03. The number of nitro groups is 1. The summed E-state index contributed by atoms with van der Waals surface area (Å²) in [7, 11) is 0. The van der Waals surface area contributed by atoms with Crippen molar-refractivity contribution in [1.82, 2.24) is 9.55 Å². The van der Waals surface area contributed by atoms with Crippen LogP contribution in [0.15, 0.2) is 38.5 Å².